The van der Waals surface area contributed by atoms with Gasteiger partial charge in [-0.05, 0) is 74.6 Å². The average molecular weight is 1000 g/mol. The maximum Gasteiger partial charge on any atom is 0.326 e. The molecule has 26 nitrogen and oxygen atoms in total. The van der Waals surface area contributed by atoms with Gasteiger partial charge in [-0.3, -0.25) is 43.3 Å². The molecule has 394 valence electrons. The van der Waals surface area contributed by atoms with Crippen molar-refractivity contribution in [2.45, 2.75) is 134 Å². The van der Waals surface area contributed by atoms with Crippen molar-refractivity contribution in [3.63, 3.8) is 0 Å². The molecule has 0 unspecified atom stereocenters. The summed E-state index contributed by atoms with van der Waals surface area (Å²) in [6, 6.07) is -4.17. The summed E-state index contributed by atoms with van der Waals surface area (Å²) in [6.07, 6.45) is 2.72. The minimum atomic E-state index is -1.88. The summed E-state index contributed by atoms with van der Waals surface area (Å²) in [6.45, 7) is 6.96. The molecule has 0 radical (unpaired) electrons. The van der Waals surface area contributed by atoms with E-state index >= 15 is 0 Å². The highest BCUT2D eigenvalue weighted by Gasteiger charge is 2.34. The number of aromatic hydroxyl groups is 1. The number of nitrogens with one attached hydrogen (secondary N) is 8. The van der Waals surface area contributed by atoms with E-state index in [4.69, 9.17) is 22.9 Å². The minimum absolute atomic E-state index is 0.00353. The van der Waals surface area contributed by atoms with E-state index in [9.17, 15) is 58.5 Å². The fourth-order valence-electron chi connectivity index (χ4n) is 6.92. The first kappa shape index (κ1) is 59.8. The number of carbonyl (C=O) groups excluding carboxylic acids is 7. The fourth-order valence-corrected chi connectivity index (χ4v) is 6.92. The van der Waals surface area contributed by atoms with Gasteiger partial charge in [0.15, 0.2) is 5.96 Å². The molecule has 0 aliphatic carbocycles. The van der Waals surface area contributed by atoms with Crippen LogP contribution in [0, 0.1) is 11.8 Å². The van der Waals surface area contributed by atoms with E-state index in [1.54, 1.807) is 6.92 Å². The molecule has 0 fully saturated rings. The molecule has 2 aromatic rings. The van der Waals surface area contributed by atoms with Crippen LogP contribution in [0.5, 0.6) is 5.75 Å². The van der Waals surface area contributed by atoms with Crippen LogP contribution in [0.4, 0.5) is 0 Å². The lowest BCUT2D eigenvalue weighted by Gasteiger charge is -2.27. The zero-order valence-electron chi connectivity index (χ0n) is 40.6. The van der Waals surface area contributed by atoms with E-state index < -0.39 is 109 Å². The summed E-state index contributed by atoms with van der Waals surface area (Å²) >= 11 is 0. The van der Waals surface area contributed by atoms with E-state index in [2.05, 4.69) is 52.2 Å². The SMILES string of the molecule is CC[C@H](C)[C@@H](N)C(=O)N[C@H](CC(C)C)C(=O)NCC(=O)N[C@H](Cc1cnc[nH]1)C(=O)N[C@H](CCCN=C(N)N)C(=O)N[C@H](CC(=O)O)C(=O)N[C@H](Cc1ccc(O)cc1)C(=O)N[C@H](CCCCN)C(=O)O. The lowest BCUT2D eigenvalue weighted by atomic mass is 9.97. The van der Waals surface area contributed by atoms with Crippen LogP contribution in [0.2, 0.25) is 0 Å². The lowest BCUT2D eigenvalue weighted by Crippen LogP contribution is -2.60. The van der Waals surface area contributed by atoms with Crippen molar-refractivity contribution >= 4 is 59.2 Å². The number of imidazole rings is 1. The smallest absolute Gasteiger partial charge is 0.326 e. The normalized spacial score (nSPS) is 14.4. The Morgan fingerprint density at radius 1 is 0.704 bits per heavy atom. The number of nitrogens with two attached hydrogens (primary N) is 4. The largest absolute Gasteiger partial charge is 0.508 e. The predicted molar refractivity (Wildman–Crippen MR) is 258 cm³/mol. The quantitative estimate of drug-likeness (QED) is 0.0194. The number of hydrogen-bond donors (Lipinski definition) is 15. The van der Waals surface area contributed by atoms with Crippen molar-refractivity contribution < 1.29 is 58.5 Å². The van der Waals surface area contributed by atoms with Gasteiger partial charge in [-0.1, -0.05) is 46.2 Å². The zero-order chi connectivity index (χ0) is 53.2. The molecular weight excluding hydrogens is 929 g/mol. The summed E-state index contributed by atoms with van der Waals surface area (Å²) in [7, 11) is 0. The number of rotatable bonds is 33. The third-order valence-corrected chi connectivity index (χ3v) is 11.1. The van der Waals surface area contributed by atoms with Crippen LogP contribution in [0.1, 0.15) is 90.3 Å². The molecule has 7 amide bonds. The summed E-state index contributed by atoms with van der Waals surface area (Å²) in [4.78, 5) is 130. The number of phenols is 1. The number of aromatic amines is 1. The second-order valence-corrected chi connectivity index (χ2v) is 17.5. The molecule has 0 aliphatic rings. The van der Waals surface area contributed by atoms with E-state index in [1.165, 1.54) is 36.8 Å². The number of carboxylic acids is 2. The standard InChI is InChI=1S/C45H72N14O12/c1-5-25(4)37(47)43(69)59-31(17-24(2)3)38(64)52-22-35(61)54-33(19-27-21-50-23-53-27)41(67)55-29(10-8-16-51-45(48)49)39(65)58-34(20-36(62)63)42(68)57-32(18-26-11-13-28(60)14-12-26)40(66)56-30(44(70)71)9-6-7-15-46/h11-14,21,23-25,29-34,37,60H,5-10,15-20,22,46-47H2,1-4H3,(H,50,53)(H,52,64)(H,54,61)(H,55,67)(H,56,66)(H,57,68)(H,58,65)(H,59,69)(H,62,63)(H,70,71)(H4,48,49,51)/t25-,29+,30+,31+,32+,33+,34+,37+/m0/s1. The third kappa shape index (κ3) is 22.7. The molecule has 2 rings (SSSR count). The number of phenolic OH excluding ortho intramolecular Hbond substituents is 1. The van der Waals surface area contributed by atoms with E-state index in [0.29, 0.717) is 30.5 Å². The Labute approximate surface area is 411 Å². The van der Waals surface area contributed by atoms with Crippen molar-refractivity contribution in [3.05, 3.63) is 48.0 Å². The Morgan fingerprint density at radius 2 is 1.27 bits per heavy atom. The first-order valence-electron chi connectivity index (χ1n) is 23.3. The van der Waals surface area contributed by atoms with Gasteiger partial charge in [-0.25, -0.2) is 9.78 Å². The molecule has 0 bridgehead atoms. The number of carboxylic acid groups (broad SMARTS) is 2. The van der Waals surface area contributed by atoms with Crippen LogP contribution in [0.3, 0.4) is 0 Å². The molecule has 0 aliphatic heterocycles. The number of aliphatic carboxylic acids is 2. The molecule has 1 aromatic heterocycles. The summed E-state index contributed by atoms with van der Waals surface area (Å²) < 4.78 is 0. The molecule has 8 atom stereocenters. The second kappa shape index (κ2) is 31.0. The number of aromatic nitrogens is 2. The van der Waals surface area contributed by atoms with Gasteiger partial charge in [0.25, 0.3) is 0 Å². The zero-order valence-corrected chi connectivity index (χ0v) is 40.6. The Balaban J connectivity index is 2.41. The Kier molecular flexibility index (Phi) is 26.1. The first-order chi connectivity index (χ1) is 33.5. The highest BCUT2D eigenvalue weighted by molar-refractivity contribution is 5.98. The molecule has 0 saturated heterocycles. The summed E-state index contributed by atoms with van der Waals surface area (Å²) in [5, 5.41) is 46.8. The Hall–Kier alpha value is -7.35. The topological polar surface area (TPSA) is 444 Å². The molecule has 1 heterocycles. The average Bonchev–Trinajstić information content (AvgIpc) is 3.83. The van der Waals surface area contributed by atoms with Crippen LogP contribution in [0.15, 0.2) is 41.8 Å². The van der Waals surface area contributed by atoms with Crippen LogP contribution in [-0.4, -0.2) is 146 Å². The van der Waals surface area contributed by atoms with Gasteiger partial charge in [-0.15, -0.1) is 0 Å². The van der Waals surface area contributed by atoms with Crippen LogP contribution in [-0.2, 0) is 56.0 Å². The number of unbranched alkanes of at least 4 members (excludes halogenated alkanes) is 1. The van der Waals surface area contributed by atoms with Crippen molar-refractivity contribution in [2.24, 2.45) is 39.8 Å². The molecule has 26 heteroatoms. The van der Waals surface area contributed by atoms with E-state index in [1.807, 2.05) is 20.8 Å². The number of nitrogens with zero attached hydrogens (tertiary/aromatic N) is 2. The molecule has 71 heavy (non-hydrogen) atoms. The first-order valence-corrected chi connectivity index (χ1v) is 23.3. The highest BCUT2D eigenvalue weighted by atomic mass is 16.4. The predicted octanol–water partition coefficient (Wildman–Crippen LogP) is -2.91. The molecule has 1 aromatic carbocycles. The van der Waals surface area contributed by atoms with E-state index in [0.717, 1.165) is 0 Å². The number of guanidine groups is 1. The number of H-pyrrole nitrogens is 1. The van der Waals surface area contributed by atoms with Crippen molar-refractivity contribution in [2.75, 3.05) is 19.6 Å². The minimum Gasteiger partial charge on any atom is -0.508 e. The maximum absolute atomic E-state index is 14.1. The lowest BCUT2D eigenvalue weighted by molar-refractivity contribution is -0.143. The van der Waals surface area contributed by atoms with Crippen molar-refractivity contribution in [1.82, 2.24) is 47.2 Å². The van der Waals surface area contributed by atoms with Gasteiger partial charge in [0.2, 0.25) is 41.4 Å². The van der Waals surface area contributed by atoms with Crippen LogP contribution in [0.25, 0.3) is 0 Å². The summed E-state index contributed by atoms with van der Waals surface area (Å²) in [5.41, 5.74) is 23.3. The van der Waals surface area contributed by atoms with Crippen molar-refractivity contribution in [3.8, 4) is 5.75 Å². The third-order valence-electron chi connectivity index (χ3n) is 11.1. The van der Waals surface area contributed by atoms with Gasteiger partial charge in [0.05, 0.1) is 25.3 Å². The van der Waals surface area contributed by atoms with Gasteiger partial charge >= 0.3 is 11.9 Å². The van der Waals surface area contributed by atoms with Gasteiger partial charge in [0, 0.05) is 31.3 Å². The van der Waals surface area contributed by atoms with Crippen LogP contribution < -0.4 is 60.2 Å². The number of aliphatic imine (C=N–C) groups is 1. The van der Waals surface area contributed by atoms with Crippen molar-refractivity contribution in [1.29, 1.82) is 0 Å². The number of hydrogen-bond acceptors (Lipinski definition) is 14. The monoisotopic (exact) mass is 1000 g/mol. The molecule has 0 saturated carbocycles. The Bertz CT molecular complexity index is 2100. The van der Waals surface area contributed by atoms with Gasteiger partial charge in [-0.2, -0.15) is 0 Å². The second-order valence-electron chi connectivity index (χ2n) is 17.5. The number of benzene rings is 1. The molecule has 0 spiro atoms. The number of amides is 7. The van der Waals surface area contributed by atoms with Gasteiger partial charge in [0.1, 0.15) is 42.0 Å². The van der Waals surface area contributed by atoms with Gasteiger partial charge < -0.3 is 80.5 Å². The van der Waals surface area contributed by atoms with Crippen LogP contribution >= 0.6 is 0 Å². The maximum atomic E-state index is 14.1. The Morgan fingerprint density at radius 3 is 1.83 bits per heavy atom. The highest BCUT2D eigenvalue weighted by Crippen LogP contribution is 2.14. The number of carbonyl (C=O) groups is 9. The van der Waals surface area contributed by atoms with E-state index in [-0.39, 0.29) is 75.2 Å². The fraction of sp³-hybridized carbons (Fsp3) is 0.578. The molecule has 19 N–H and O–H groups in total. The summed E-state index contributed by atoms with van der Waals surface area (Å²) in [5.74, 6) is -9.68. The molecular formula is C45H72N14O12.